The standard InChI is InChI=1S/C16H22N2O3/c1-3-12(2)17-15(19)11-21-14-7-4-6-13(10-14)18-9-5-8-16(18)20/h4,6-7,10,12H,3,5,8-9,11H2,1-2H3,(H,17,19)/t12-/m0/s1. The van der Waals surface area contributed by atoms with E-state index in [2.05, 4.69) is 5.32 Å². The number of amides is 2. The Hall–Kier alpha value is -2.04. The Morgan fingerprint density at radius 3 is 2.95 bits per heavy atom. The van der Waals surface area contributed by atoms with Crippen molar-refractivity contribution in [3.63, 3.8) is 0 Å². The first-order valence-electron chi connectivity index (χ1n) is 7.42. The van der Waals surface area contributed by atoms with Crippen LogP contribution in [0.5, 0.6) is 5.75 Å². The Labute approximate surface area is 125 Å². The highest BCUT2D eigenvalue weighted by atomic mass is 16.5. The van der Waals surface area contributed by atoms with Gasteiger partial charge in [-0.15, -0.1) is 0 Å². The Morgan fingerprint density at radius 2 is 2.29 bits per heavy atom. The second kappa shape index (κ2) is 7.11. The van der Waals surface area contributed by atoms with Crippen molar-refractivity contribution in [2.24, 2.45) is 0 Å². The Kier molecular flexibility index (Phi) is 5.20. The van der Waals surface area contributed by atoms with E-state index in [0.29, 0.717) is 12.2 Å². The topological polar surface area (TPSA) is 58.6 Å². The van der Waals surface area contributed by atoms with Crippen LogP contribution in [-0.2, 0) is 9.59 Å². The zero-order valence-electron chi connectivity index (χ0n) is 12.6. The number of rotatable bonds is 6. The first-order chi connectivity index (χ1) is 10.1. The minimum Gasteiger partial charge on any atom is -0.484 e. The molecule has 0 aromatic heterocycles. The van der Waals surface area contributed by atoms with Crippen LogP contribution in [0, 0.1) is 0 Å². The fourth-order valence-corrected chi connectivity index (χ4v) is 2.23. The van der Waals surface area contributed by atoms with Crippen molar-refractivity contribution in [3.8, 4) is 5.75 Å². The number of carbonyl (C=O) groups excluding carboxylic acids is 2. The molecule has 0 aliphatic carbocycles. The fraction of sp³-hybridized carbons (Fsp3) is 0.500. The average molecular weight is 290 g/mol. The summed E-state index contributed by atoms with van der Waals surface area (Å²) < 4.78 is 5.50. The first-order valence-corrected chi connectivity index (χ1v) is 7.42. The maximum absolute atomic E-state index is 11.7. The van der Waals surface area contributed by atoms with E-state index in [-0.39, 0.29) is 24.5 Å². The van der Waals surface area contributed by atoms with E-state index in [1.807, 2.05) is 26.0 Å². The van der Waals surface area contributed by atoms with E-state index in [4.69, 9.17) is 4.74 Å². The van der Waals surface area contributed by atoms with Crippen LogP contribution in [0.4, 0.5) is 5.69 Å². The lowest BCUT2D eigenvalue weighted by molar-refractivity contribution is -0.123. The normalized spacial score (nSPS) is 15.9. The van der Waals surface area contributed by atoms with E-state index in [9.17, 15) is 9.59 Å². The van der Waals surface area contributed by atoms with Crippen LogP contribution in [-0.4, -0.2) is 31.0 Å². The molecule has 21 heavy (non-hydrogen) atoms. The number of nitrogens with zero attached hydrogens (tertiary/aromatic N) is 1. The molecular formula is C16H22N2O3. The van der Waals surface area contributed by atoms with Gasteiger partial charge < -0.3 is 15.0 Å². The van der Waals surface area contributed by atoms with Crippen LogP contribution in [0.3, 0.4) is 0 Å². The molecule has 1 aromatic rings. The van der Waals surface area contributed by atoms with Crippen molar-refractivity contribution < 1.29 is 14.3 Å². The van der Waals surface area contributed by atoms with Crippen LogP contribution in [0.1, 0.15) is 33.1 Å². The molecule has 1 aliphatic rings. The van der Waals surface area contributed by atoms with Gasteiger partial charge in [-0.2, -0.15) is 0 Å². The maximum atomic E-state index is 11.7. The molecule has 0 spiro atoms. The summed E-state index contributed by atoms with van der Waals surface area (Å²) in [5.74, 6) is 0.611. The summed E-state index contributed by atoms with van der Waals surface area (Å²) in [6, 6.07) is 7.47. The first kappa shape index (κ1) is 15.4. The van der Waals surface area contributed by atoms with Crippen molar-refractivity contribution in [3.05, 3.63) is 24.3 Å². The van der Waals surface area contributed by atoms with E-state index in [1.54, 1.807) is 17.0 Å². The summed E-state index contributed by atoms with van der Waals surface area (Å²) in [6.45, 7) is 4.71. The number of nitrogens with one attached hydrogen (secondary N) is 1. The molecule has 0 unspecified atom stereocenters. The van der Waals surface area contributed by atoms with Crippen LogP contribution in [0.15, 0.2) is 24.3 Å². The molecule has 5 nitrogen and oxygen atoms in total. The minimum atomic E-state index is -0.132. The highest BCUT2D eigenvalue weighted by molar-refractivity contribution is 5.95. The molecule has 0 saturated carbocycles. The van der Waals surface area contributed by atoms with Gasteiger partial charge in [-0.25, -0.2) is 0 Å². The molecule has 2 amide bonds. The van der Waals surface area contributed by atoms with Gasteiger partial charge in [0.15, 0.2) is 6.61 Å². The van der Waals surface area contributed by atoms with Gasteiger partial charge in [-0.1, -0.05) is 13.0 Å². The number of hydrogen-bond acceptors (Lipinski definition) is 3. The molecule has 1 N–H and O–H groups in total. The lowest BCUT2D eigenvalue weighted by atomic mass is 10.2. The number of ether oxygens (including phenoxy) is 1. The van der Waals surface area contributed by atoms with Gasteiger partial charge in [-0.3, -0.25) is 9.59 Å². The van der Waals surface area contributed by atoms with E-state index in [0.717, 1.165) is 25.1 Å². The Morgan fingerprint density at radius 1 is 1.48 bits per heavy atom. The van der Waals surface area contributed by atoms with Gasteiger partial charge in [0.25, 0.3) is 5.91 Å². The van der Waals surface area contributed by atoms with Crippen molar-refractivity contribution in [1.29, 1.82) is 0 Å². The molecule has 5 heteroatoms. The summed E-state index contributed by atoms with van der Waals surface area (Å²) in [4.78, 5) is 25.2. The van der Waals surface area contributed by atoms with Gasteiger partial charge in [0.05, 0.1) is 0 Å². The van der Waals surface area contributed by atoms with Crippen molar-refractivity contribution >= 4 is 17.5 Å². The lowest BCUT2D eigenvalue weighted by Crippen LogP contribution is -2.35. The average Bonchev–Trinajstić information content (AvgIpc) is 2.91. The van der Waals surface area contributed by atoms with Crippen molar-refractivity contribution in [2.45, 2.75) is 39.2 Å². The number of carbonyl (C=O) groups is 2. The second-order valence-electron chi connectivity index (χ2n) is 5.31. The molecule has 114 valence electrons. The molecule has 1 fully saturated rings. The highest BCUT2D eigenvalue weighted by Gasteiger charge is 2.21. The zero-order chi connectivity index (χ0) is 15.2. The van der Waals surface area contributed by atoms with E-state index >= 15 is 0 Å². The number of hydrogen-bond donors (Lipinski definition) is 1. The van der Waals surface area contributed by atoms with Crippen LogP contribution in [0.25, 0.3) is 0 Å². The third-order valence-electron chi connectivity index (χ3n) is 3.59. The Bertz CT molecular complexity index is 516. The van der Waals surface area contributed by atoms with Gasteiger partial charge in [0, 0.05) is 30.8 Å². The highest BCUT2D eigenvalue weighted by Crippen LogP contribution is 2.25. The summed E-state index contributed by atoms with van der Waals surface area (Å²) in [5.41, 5.74) is 0.831. The summed E-state index contributed by atoms with van der Waals surface area (Å²) in [7, 11) is 0. The predicted molar refractivity (Wildman–Crippen MR) is 81.4 cm³/mol. The number of anilines is 1. The van der Waals surface area contributed by atoms with Gasteiger partial charge in [-0.05, 0) is 31.9 Å². The van der Waals surface area contributed by atoms with Gasteiger partial charge in [0.1, 0.15) is 5.75 Å². The third kappa shape index (κ3) is 4.21. The lowest BCUT2D eigenvalue weighted by Gasteiger charge is -2.17. The minimum absolute atomic E-state index is 0.0122. The predicted octanol–water partition coefficient (Wildman–Crippen LogP) is 2.11. The molecule has 1 saturated heterocycles. The number of benzene rings is 1. The SMILES string of the molecule is CC[C@H](C)NC(=O)COc1cccc(N2CCCC2=O)c1. The van der Waals surface area contributed by atoms with Crippen molar-refractivity contribution in [1.82, 2.24) is 5.32 Å². The third-order valence-corrected chi connectivity index (χ3v) is 3.59. The molecule has 2 rings (SSSR count). The van der Waals surface area contributed by atoms with Gasteiger partial charge >= 0.3 is 0 Å². The van der Waals surface area contributed by atoms with Crippen LogP contribution in [0.2, 0.25) is 0 Å². The summed E-state index contributed by atoms with van der Waals surface area (Å²) in [5, 5.41) is 2.85. The molecule has 0 bridgehead atoms. The summed E-state index contributed by atoms with van der Waals surface area (Å²) in [6.07, 6.45) is 2.38. The molecular weight excluding hydrogens is 268 g/mol. The second-order valence-corrected chi connectivity index (χ2v) is 5.31. The zero-order valence-corrected chi connectivity index (χ0v) is 12.6. The van der Waals surface area contributed by atoms with E-state index < -0.39 is 0 Å². The molecule has 1 atom stereocenters. The smallest absolute Gasteiger partial charge is 0.258 e. The largest absolute Gasteiger partial charge is 0.484 e. The van der Waals surface area contributed by atoms with Crippen LogP contribution < -0.4 is 15.0 Å². The van der Waals surface area contributed by atoms with E-state index in [1.165, 1.54) is 0 Å². The van der Waals surface area contributed by atoms with Crippen LogP contribution >= 0.6 is 0 Å². The van der Waals surface area contributed by atoms with Crippen molar-refractivity contribution in [2.75, 3.05) is 18.1 Å². The monoisotopic (exact) mass is 290 g/mol. The van der Waals surface area contributed by atoms with Gasteiger partial charge in [0.2, 0.25) is 5.91 Å². The summed E-state index contributed by atoms with van der Waals surface area (Å²) >= 11 is 0. The molecule has 0 radical (unpaired) electrons. The molecule has 1 heterocycles. The Balaban J connectivity index is 1.92. The fourth-order valence-electron chi connectivity index (χ4n) is 2.23. The maximum Gasteiger partial charge on any atom is 0.258 e. The molecule has 1 aromatic carbocycles. The quantitative estimate of drug-likeness (QED) is 0.873. The molecule has 1 aliphatic heterocycles.